The van der Waals surface area contributed by atoms with E-state index in [0.29, 0.717) is 0 Å². The van der Waals surface area contributed by atoms with Gasteiger partial charge >= 0.3 is 14.5 Å². The van der Waals surface area contributed by atoms with Gasteiger partial charge in [0.25, 0.3) is 0 Å². The van der Waals surface area contributed by atoms with Crippen LogP contribution in [-0.4, -0.2) is 69.3 Å². The standard InChI is InChI=1S/C10H15N5O9P2S/c11-8-5-9(13-2-12-8)15(3-14-5)10-7(17)6(16)4(23-10)1-22-26(21,27)24-25(18,19)20/h2-4,6-7,10,16-17H,1H2,(H,21,27)(H2,11,12,13)(H2,18,19,20). The molecule has 0 amide bonds. The third-order valence-electron chi connectivity index (χ3n) is 3.61. The van der Waals surface area contributed by atoms with Crippen LogP contribution in [0.25, 0.3) is 11.2 Å². The number of aliphatic hydroxyl groups is 2. The first-order valence-electron chi connectivity index (χ1n) is 7.17. The van der Waals surface area contributed by atoms with Crippen LogP contribution in [0.2, 0.25) is 0 Å². The normalized spacial score (nSPS) is 28.5. The summed E-state index contributed by atoms with van der Waals surface area (Å²) in [7, 11) is -5.08. The summed E-state index contributed by atoms with van der Waals surface area (Å²) in [5, 5.41) is 20.4. The van der Waals surface area contributed by atoms with E-state index in [9.17, 15) is 19.7 Å². The zero-order valence-electron chi connectivity index (χ0n) is 13.2. The highest BCUT2D eigenvalue weighted by atomic mass is 32.5. The van der Waals surface area contributed by atoms with Crippen LogP contribution in [0.4, 0.5) is 5.82 Å². The second-order valence-corrected chi connectivity index (χ2v) is 9.68. The van der Waals surface area contributed by atoms with Gasteiger partial charge in [0.15, 0.2) is 17.7 Å². The number of hydrogen-bond donors (Lipinski definition) is 6. The second-order valence-electron chi connectivity index (χ2n) is 5.47. The van der Waals surface area contributed by atoms with E-state index in [-0.39, 0.29) is 17.0 Å². The molecule has 2 aromatic heterocycles. The Morgan fingerprint density at radius 2 is 1.96 bits per heavy atom. The van der Waals surface area contributed by atoms with Gasteiger partial charge in [-0.2, -0.15) is 0 Å². The Balaban J connectivity index is 1.75. The fourth-order valence-electron chi connectivity index (χ4n) is 2.48. The second kappa shape index (κ2) is 7.39. The molecule has 0 radical (unpaired) electrons. The van der Waals surface area contributed by atoms with Gasteiger partial charge in [-0.1, -0.05) is 0 Å². The van der Waals surface area contributed by atoms with E-state index >= 15 is 0 Å². The third-order valence-corrected chi connectivity index (χ3v) is 6.68. The van der Waals surface area contributed by atoms with E-state index in [1.807, 2.05) is 0 Å². The minimum Gasteiger partial charge on any atom is -0.387 e. The topological polar surface area (TPSA) is 216 Å². The van der Waals surface area contributed by atoms with E-state index in [4.69, 9.17) is 24.8 Å². The van der Waals surface area contributed by atoms with Crippen molar-refractivity contribution in [3.05, 3.63) is 12.7 Å². The first kappa shape index (κ1) is 20.6. The summed E-state index contributed by atoms with van der Waals surface area (Å²) in [6.07, 6.45) is -2.77. The predicted molar refractivity (Wildman–Crippen MR) is 91.2 cm³/mol. The molecule has 5 atom stereocenters. The fraction of sp³-hybridized carbons (Fsp3) is 0.500. The molecule has 0 bridgehead atoms. The molecular weight excluding hydrogens is 428 g/mol. The number of anilines is 1. The van der Waals surface area contributed by atoms with Crippen LogP contribution in [-0.2, 0) is 29.9 Å². The highest BCUT2D eigenvalue weighted by Crippen LogP contribution is 2.58. The highest BCUT2D eigenvalue weighted by Gasteiger charge is 2.45. The van der Waals surface area contributed by atoms with Crippen molar-refractivity contribution < 1.29 is 43.0 Å². The Bertz CT molecular complexity index is 937. The van der Waals surface area contributed by atoms with Crippen molar-refractivity contribution in [1.29, 1.82) is 0 Å². The number of nitrogens with zero attached hydrogens (tertiary/aromatic N) is 4. The number of phosphoric acid groups is 1. The van der Waals surface area contributed by atoms with Crippen LogP contribution >= 0.6 is 14.5 Å². The van der Waals surface area contributed by atoms with E-state index in [2.05, 4.69) is 31.1 Å². The van der Waals surface area contributed by atoms with Crippen molar-refractivity contribution in [3.63, 3.8) is 0 Å². The quantitative estimate of drug-likeness (QED) is 0.276. The average molecular weight is 443 g/mol. The average Bonchev–Trinajstić information content (AvgIpc) is 3.07. The number of ether oxygens (including phenoxy) is 1. The molecular formula is C10H15N5O9P2S. The maximum atomic E-state index is 10.8. The first-order chi connectivity index (χ1) is 12.5. The smallest absolute Gasteiger partial charge is 0.387 e. The van der Waals surface area contributed by atoms with E-state index in [1.165, 1.54) is 17.2 Å². The van der Waals surface area contributed by atoms with Crippen LogP contribution in [0.5, 0.6) is 0 Å². The maximum absolute atomic E-state index is 10.8. The first-order valence-corrected chi connectivity index (χ1v) is 11.3. The highest BCUT2D eigenvalue weighted by molar-refractivity contribution is 8.08. The minimum absolute atomic E-state index is 0.113. The van der Waals surface area contributed by atoms with Crippen molar-refractivity contribution in [2.75, 3.05) is 12.3 Å². The van der Waals surface area contributed by atoms with Gasteiger partial charge < -0.3 is 39.9 Å². The lowest BCUT2D eigenvalue weighted by molar-refractivity contribution is -0.0486. The molecule has 0 spiro atoms. The minimum atomic E-state index is -5.08. The Morgan fingerprint density at radius 3 is 2.63 bits per heavy atom. The number of aromatic nitrogens is 4. The molecule has 1 aliphatic rings. The molecule has 7 N–H and O–H groups in total. The molecule has 1 aliphatic heterocycles. The van der Waals surface area contributed by atoms with Crippen molar-refractivity contribution in [2.24, 2.45) is 0 Å². The Morgan fingerprint density at radius 1 is 1.26 bits per heavy atom. The number of fused-ring (bicyclic) bond motifs is 1. The van der Waals surface area contributed by atoms with E-state index in [0.717, 1.165) is 0 Å². The summed E-state index contributed by atoms with van der Waals surface area (Å²) in [5.74, 6) is 0.113. The van der Waals surface area contributed by atoms with Gasteiger partial charge in [-0.05, 0) is 11.8 Å². The molecule has 5 unspecified atom stereocenters. The third kappa shape index (κ3) is 4.50. The molecule has 3 heterocycles. The van der Waals surface area contributed by atoms with Crippen LogP contribution < -0.4 is 5.73 Å². The van der Waals surface area contributed by atoms with Gasteiger partial charge in [-0.25, -0.2) is 23.8 Å². The Hall–Kier alpha value is -1.09. The van der Waals surface area contributed by atoms with Crippen LogP contribution in [0.1, 0.15) is 6.23 Å². The number of rotatable bonds is 6. The molecule has 3 rings (SSSR count). The molecule has 17 heteroatoms. The lowest BCUT2D eigenvalue weighted by atomic mass is 10.1. The van der Waals surface area contributed by atoms with E-state index in [1.54, 1.807) is 0 Å². The molecule has 27 heavy (non-hydrogen) atoms. The SMILES string of the molecule is Nc1ncnc2c1ncn2C1OC(COP(O)(=S)OP(=O)(O)O)C(O)C1O. The van der Waals surface area contributed by atoms with Crippen molar-refractivity contribution >= 4 is 43.3 Å². The summed E-state index contributed by atoms with van der Waals surface area (Å²) in [4.78, 5) is 38.8. The maximum Gasteiger partial charge on any atom is 0.476 e. The molecule has 0 aliphatic carbocycles. The van der Waals surface area contributed by atoms with Crippen molar-refractivity contribution in [2.45, 2.75) is 24.5 Å². The zero-order valence-corrected chi connectivity index (χ0v) is 15.8. The molecule has 1 saturated heterocycles. The summed E-state index contributed by atoms with van der Waals surface area (Å²) in [6.45, 7) is -4.90. The monoisotopic (exact) mass is 443 g/mol. The van der Waals surface area contributed by atoms with Gasteiger partial charge in [-0.3, -0.25) is 4.57 Å². The predicted octanol–water partition coefficient (Wildman–Crippen LogP) is -1.63. The summed E-state index contributed by atoms with van der Waals surface area (Å²) < 4.78 is 26.4. The van der Waals surface area contributed by atoms with Crippen LogP contribution in [0, 0.1) is 0 Å². The van der Waals surface area contributed by atoms with Crippen LogP contribution in [0.3, 0.4) is 0 Å². The molecule has 2 aromatic rings. The van der Waals surface area contributed by atoms with Crippen molar-refractivity contribution in [3.8, 4) is 0 Å². The van der Waals surface area contributed by atoms with Gasteiger partial charge in [0.05, 0.1) is 12.9 Å². The molecule has 150 valence electrons. The molecule has 14 nitrogen and oxygen atoms in total. The van der Waals surface area contributed by atoms with Crippen molar-refractivity contribution in [1.82, 2.24) is 19.5 Å². The van der Waals surface area contributed by atoms with Gasteiger partial charge in [-0.15, -0.1) is 0 Å². The lowest BCUT2D eigenvalue weighted by Gasteiger charge is -2.19. The zero-order chi connectivity index (χ0) is 20.0. The summed E-state index contributed by atoms with van der Waals surface area (Å²) >= 11 is 4.47. The Labute approximate surface area is 156 Å². The van der Waals surface area contributed by atoms with Crippen LogP contribution in [0.15, 0.2) is 12.7 Å². The Kier molecular flexibility index (Phi) is 5.65. The number of hydrogen-bond acceptors (Lipinski definition) is 11. The number of nitrogen functional groups attached to an aromatic ring is 1. The number of aliphatic hydroxyl groups excluding tert-OH is 2. The molecule has 1 fully saturated rings. The number of imidazole rings is 1. The summed E-state index contributed by atoms with van der Waals surface area (Å²) in [6, 6.07) is 0. The van der Waals surface area contributed by atoms with Gasteiger partial charge in [0.1, 0.15) is 30.2 Å². The fourth-order valence-corrected chi connectivity index (χ4v) is 5.04. The molecule has 0 saturated carbocycles. The number of nitrogens with two attached hydrogens (primary N) is 1. The largest absolute Gasteiger partial charge is 0.476 e. The van der Waals surface area contributed by atoms with Gasteiger partial charge in [0, 0.05) is 0 Å². The lowest BCUT2D eigenvalue weighted by Crippen LogP contribution is -2.33. The van der Waals surface area contributed by atoms with E-state index < -0.39 is 45.7 Å². The molecule has 0 aromatic carbocycles. The summed E-state index contributed by atoms with van der Waals surface area (Å²) in [5.41, 5.74) is 6.21. The van der Waals surface area contributed by atoms with Gasteiger partial charge in [0.2, 0.25) is 0 Å².